The van der Waals surface area contributed by atoms with Crippen LogP contribution in [0.3, 0.4) is 0 Å². The number of ether oxygens (including phenoxy) is 1. The molecule has 1 aliphatic rings. The number of para-hydroxylation sites is 1. The largest absolute Gasteiger partial charge is 0.456 e. The Hall–Kier alpha value is -2.14. The first-order valence-electron chi connectivity index (χ1n) is 8.45. The Morgan fingerprint density at radius 3 is 2.79 bits per heavy atom. The maximum atomic E-state index is 12.7. The highest BCUT2D eigenvalue weighted by molar-refractivity contribution is 6.04. The number of hydrogen-bond acceptors (Lipinski definition) is 5. The van der Waals surface area contributed by atoms with Crippen molar-refractivity contribution >= 4 is 22.7 Å². The number of carbonyl (C=O) groups excluding carboxylic acids is 1. The van der Waals surface area contributed by atoms with Crippen molar-refractivity contribution in [2.24, 2.45) is 0 Å². The number of rotatable bonds is 2. The average molecular weight is 327 g/mol. The minimum absolute atomic E-state index is 0.300. The molecule has 128 valence electrons. The topological polar surface area (TPSA) is 54.5 Å². The lowest BCUT2D eigenvalue weighted by Gasteiger charge is -2.33. The summed E-state index contributed by atoms with van der Waals surface area (Å²) in [5.41, 5.74) is 0.879. The zero-order valence-electron chi connectivity index (χ0n) is 14.8. The molecule has 1 aromatic heterocycles. The van der Waals surface area contributed by atoms with E-state index in [1.54, 1.807) is 0 Å². The first-order chi connectivity index (χ1) is 11.3. The van der Waals surface area contributed by atoms with Crippen molar-refractivity contribution in [2.45, 2.75) is 39.3 Å². The number of benzene rings is 1. The number of fused-ring (bicyclic) bond motifs is 1. The summed E-state index contributed by atoms with van der Waals surface area (Å²) >= 11 is 0. The maximum absolute atomic E-state index is 12.7. The van der Waals surface area contributed by atoms with Crippen molar-refractivity contribution in [3.05, 3.63) is 35.9 Å². The fourth-order valence-electron chi connectivity index (χ4n) is 2.97. The third-order valence-corrected chi connectivity index (χ3v) is 4.01. The van der Waals surface area contributed by atoms with E-state index < -0.39 is 5.60 Å². The van der Waals surface area contributed by atoms with Crippen molar-refractivity contribution in [3.63, 3.8) is 0 Å². The van der Waals surface area contributed by atoms with Crippen LogP contribution in [0.1, 0.15) is 38.1 Å². The third kappa shape index (κ3) is 3.67. The molecule has 0 aliphatic carbocycles. The van der Waals surface area contributed by atoms with Gasteiger partial charge < -0.3 is 15.0 Å². The number of nitrogens with zero attached hydrogens (tertiary/aromatic N) is 2. The highest BCUT2D eigenvalue weighted by Gasteiger charge is 2.23. The van der Waals surface area contributed by atoms with Crippen LogP contribution in [0.2, 0.25) is 0 Å². The molecule has 5 nitrogen and oxygen atoms in total. The summed E-state index contributed by atoms with van der Waals surface area (Å²) in [7, 11) is 0. The lowest BCUT2D eigenvalue weighted by molar-refractivity contribution is 0.00718. The van der Waals surface area contributed by atoms with E-state index in [9.17, 15) is 4.79 Å². The Bertz CT molecular complexity index is 752. The molecular formula is C19H25N3O2. The number of pyridine rings is 1. The second-order valence-electron chi connectivity index (χ2n) is 7.35. The molecule has 24 heavy (non-hydrogen) atoms. The highest BCUT2D eigenvalue weighted by Crippen LogP contribution is 2.25. The van der Waals surface area contributed by atoms with Crippen LogP contribution in [0.4, 0.5) is 5.82 Å². The summed E-state index contributed by atoms with van der Waals surface area (Å²) in [5, 5.41) is 4.26. The Labute approximate surface area is 143 Å². The van der Waals surface area contributed by atoms with Gasteiger partial charge in [-0.1, -0.05) is 18.2 Å². The van der Waals surface area contributed by atoms with Gasteiger partial charge in [0.25, 0.3) is 0 Å². The van der Waals surface area contributed by atoms with Gasteiger partial charge in [-0.15, -0.1) is 0 Å². The quantitative estimate of drug-likeness (QED) is 0.860. The predicted molar refractivity (Wildman–Crippen MR) is 96.6 cm³/mol. The monoisotopic (exact) mass is 327 g/mol. The second-order valence-corrected chi connectivity index (χ2v) is 7.35. The van der Waals surface area contributed by atoms with Gasteiger partial charge in [0.15, 0.2) is 0 Å². The van der Waals surface area contributed by atoms with Crippen LogP contribution in [-0.2, 0) is 4.74 Å². The normalized spacial score (nSPS) is 18.7. The molecule has 1 fully saturated rings. The third-order valence-electron chi connectivity index (χ3n) is 4.01. The molecule has 2 heterocycles. The summed E-state index contributed by atoms with van der Waals surface area (Å²) in [5.74, 6) is 0.536. The smallest absolute Gasteiger partial charge is 0.339 e. The Kier molecular flexibility index (Phi) is 4.45. The molecule has 1 aliphatic heterocycles. The van der Waals surface area contributed by atoms with Crippen molar-refractivity contribution in [1.29, 1.82) is 0 Å². The summed E-state index contributed by atoms with van der Waals surface area (Å²) < 4.78 is 5.60. The Morgan fingerprint density at radius 1 is 1.33 bits per heavy atom. The number of nitrogens with one attached hydrogen (secondary N) is 1. The fraction of sp³-hybridized carbons (Fsp3) is 0.474. The van der Waals surface area contributed by atoms with Gasteiger partial charge in [0.2, 0.25) is 0 Å². The van der Waals surface area contributed by atoms with E-state index in [0.717, 1.165) is 36.4 Å². The number of hydrogen-bond donors (Lipinski definition) is 1. The predicted octanol–water partition coefficient (Wildman–Crippen LogP) is 2.99. The minimum Gasteiger partial charge on any atom is -0.456 e. The van der Waals surface area contributed by atoms with E-state index >= 15 is 0 Å². The van der Waals surface area contributed by atoms with Gasteiger partial charge in [-0.05, 0) is 39.8 Å². The minimum atomic E-state index is -0.523. The molecule has 1 N–H and O–H groups in total. The zero-order valence-corrected chi connectivity index (χ0v) is 14.8. The molecule has 3 rings (SSSR count). The van der Waals surface area contributed by atoms with E-state index in [2.05, 4.69) is 17.1 Å². The molecular weight excluding hydrogens is 302 g/mol. The lowest BCUT2D eigenvalue weighted by atomic mass is 10.1. The maximum Gasteiger partial charge on any atom is 0.339 e. The van der Waals surface area contributed by atoms with Crippen LogP contribution in [0.15, 0.2) is 30.3 Å². The van der Waals surface area contributed by atoms with Gasteiger partial charge in [0.05, 0.1) is 11.1 Å². The summed E-state index contributed by atoms with van der Waals surface area (Å²) in [4.78, 5) is 19.7. The number of carbonyl (C=O) groups is 1. The molecule has 2 aromatic rings. The van der Waals surface area contributed by atoms with Gasteiger partial charge in [0.1, 0.15) is 11.4 Å². The summed E-state index contributed by atoms with van der Waals surface area (Å²) in [6, 6.07) is 10.00. The van der Waals surface area contributed by atoms with Gasteiger partial charge in [-0.3, -0.25) is 0 Å². The molecule has 0 bridgehead atoms. The van der Waals surface area contributed by atoms with Crippen LogP contribution in [-0.4, -0.2) is 42.2 Å². The van der Waals surface area contributed by atoms with E-state index in [1.165, 1.54) is 0 Å². The molecule has 0 amide bonds. The van der Waals surface area contributed by atoms with E-state index in [1.807, 2.05) is 51.1 Å². The summed E-state index contributed by atoms with van der Waals surface area (Å²) in [6.45, 7) is 10.5. The molecule has 0 radical (unpaired) electrons. The van der Waals surface area contributed by atoms with E-state index in [0.29, 0.717) is 11.6 Å². The Morgan fingerprint density at radius 2 is 2.08 bits per heavy atom. The van der Waals surface area contributed by atoms with Crippen LogP contribution >= 0.6 is 0 Å². The van der Waals surface area contributed by atoms with Crippen molar-refractivity contribution in [2.75, 3.05) is 24.5 Å². The molecule has 5 heteroatoms. The molecule has 1 saturated heterocycles. The SMILES string of the molecule is C[C@H]1CN(c2cc(C(=O)OC(C)(C)C)c3ccccc3n2)CCN1. The van der Waals surface area contributed by atoms with Crippen molar-refractivity contribution in [3.8, 4) is 0 Å². The molecule has 1 atom stereocenters. The highest BCUT2D eigenvalue weighted by atomic mass is 16.6. The van der Waals surface area contributed by atoms with Crippen LogP contribution in [0, 0.1) is 0 Å². The zero-order chi connectivity index (χ0) is 17.3. The standard InChI is InChI=1S/C19H25N3O2/c1-13-12-22(10-9-20-13)17-11-15(18(23)24-19(2,3)4)14-7-5-6-8-16(14)21-17/h5-8,11,13,20H,9-10,12H2,1-4H3/t13-/m0/s1. The van der Waals surface area contributed by atoms with Gasteiger partial charge >= 0.3 is 5.97 Å². The number of esters is 1. The number of piperazine rings is 1. The van der Waals surface area contributed by atoms with Gasteiger partial charge in [0, 0.05) is 31.1 Å². The molecule has 1 aromatic carbocycles. The lowest BCUT2D eigenvalue weighted by Crippen LogP contribution is -2.49. The number of anilines is 1. The first-order valence-corrected chi connectivity index (χ1v) is 8.45. The number of aromatic nitrogens is 1. The van der Waals surface area contributed by atoms with Gasteiger partial charge in [-0.25, -0.2) is 9.78 Å². The van der Waals surface area contributed by atoms with Crippen LogP contribution in [0.25, 0.3) is 10.9 Å². The van der Waals surface area contributed by atoms with Crippen LogP contribution < -0.4 is 10.2 Å². The fourth-order valence-corrected chi connectivity index (χ4v) is 2.97. The second kappa shape index (κ2) is 6.40. The molecule has 0 spiro atoms. The molecule has 0 saturated carbocycles. The van der Waals surface area contributed by atoms with Gasteiger partial charge in [-0.2, -0.15) is 0 Å². The van der Waals surface area contributed by atoms with Crippen molar-refractivity contribution in [1.82, 2.24) is 10.3 Å². The average Bonchev–Trinajstić information content (AvgIpc) is 2.52. The van der Waals surface area contributed by atoms with E-state index in [4.69, 9.17) is 9.72 Å². The van der Waals surface area contributed by atoms with Crippen molar-refractivity contribution < 1.29 is 9.53 Å². The van der Waals surface area contributed by atoms with E-state index in [-0.39, 0.29) is 5.97 Å². The Balaban J connectivity index is 2.04. The summed E-state index contributed by atoms with van der Waals surface area (Å²) in [6.07, 6.45) is 0. The first kappa shape index (κ1) is 16.7. The van der Waals surface area contributed by atoms with Crippen LogP contribution in [0.5, 0.6) is 0 Å². The molecule has 0 unspecified atom stereocenters.